The van der Waals surface area contributed by atoms with Crippen LogP contribution in [0.25, 0.3) is 0 Å². The number of hydrogen-bond donors (Lipinski definition) is 2. The molecule has 8 nitrogen and oxygen atoms in total. The fourth-order valence-corrected chi connectivity index (χ4v) is 1.83. The number of nitrogens with one attached hydrogen (secondary N) is 1. The van der Waals surface area contributed by atoms with Crippen molar-refractivity contribution in [2.24, 2.45) is 0 Å². The minimum absolute atomic E-state index is 0.0728. The third-order valence-corrected chi connectivity index (χ3v) is 2.88. The minimum Gasteiger partial charge on any atom is -0.505 e. The number of benzene rings is 1. The average molecular weight is 329 g/mol. The Hall–Kier alpha value is -2.45. The molecule has 2 N–H and O–H groups in total. The molecular formula is C11H6Cl2N4O4. The highest BCUT2D eigenvalue weighted by molar-refractivity contribution is 6.34. The second-order valence-electron chi connectivity index (χ2n) is 3.75. The molecule has 0 unspecified atom stereocenters. The molecule has 0 aliphatic carbocycles. The monoisotopic (exact) mass is 328 g/mol. The van der Waals surface area contributed by atoms with Crippen LogP contribution in [-0.4, -0.2) is 26.1 Å². The zero-order valence-corrected chi connectivity index (χ0v) is 11.6. The van der Waals surface area contributed by atoms with Crippen molar-refractivity contribution in [2.45, 2.75) is 0 Å². The molecule has 0 saturated carbocycles. The van der Waals surface area contributed by atoms with Crippen molar-refractivity contribution in [3.05, 3.63) is 50.2 Å². The van der Waals surface area contributed by atoms with Crippen molar-refractivity contribution in [3.63, 3.8) is 0 Å². The second-order valence-corrected chi connectivity index (χ2v) is 4.50. The van der Waals surface area contributed by atoms with E-state index in [1.165, 1.54) is 12.1 Å². The summed E-state index contributed by atoms with van der Waals surface area (Å²) in [7, 11) is 0. The quantitative estimate of drug-likeness (QED) is 0.508. The number of halogens is 2. The summed E-state index contributed by atoms with van der Waals surface area (Å²) < 4.78 is 0. The SMILES string of the molecule is O=C(Nc1c(O)cccc1[N+](=O)[O-])c1cc(Cl)nnc1Cl. The number of hydrogen-bond acceptors (Lipinski definition) is 6. The molecule has 1 heterocycles. The second kappa shape index (κ2) is 5.90. The van der Waals surface area contributed by atoms with Gasteiger partial charge in [-0.3, -0.25) is 14.9 Å². The standard InChI is InChI=1S/C11H6Cl2N4O4/c12-8-4-5(10(13)16-15-8)11(19)14-9-6(17(20)21)2-1-3-7(9)18/h1-4,18H,(H,14,19). The summed E-state index contributed by atoms with van der Waals surface area (Å²) in [5.41, 5.74) is -0.946. The zero-order chi connectivity index (χ0) is 15.6. The number of nitro benzene ring substituents is 1. The Bertz CT molecular complexity index is 738. The van der Waals surface area contributed by atoms with Crippen LogP contribution in [0.2, 0.25) is 10.3 Å². The van der Waals surface area contributed by atoms with E-state index < -0.39 is 22.3 Å². The lowest BCUT2D eigenvalue weighted by Gasteiger charge is -2.08. The summed E-state index contributed by atoms with van der Waals surface area (Å²) in [5, 5.41) is 29.3. The molecule has 0 fully saturated rings. The van der Waals surface area contributed by atoms with E-state index in [2.05, 4.69) is 15.5 Å². The first-order valence-electron chi connectivity index (χ1n) is 5.36. The van der Waals surface area contributed by atoms with Crippen LogP contribution in [0.15, 0.2) is 24.3 Å². The predicted octanol–water partition coefficient (Wildman–Crippen LogP) is 2.65. The molecule has 0 radical (unpaired) electrons. The molecule has 21 heavy (non-hydrogen) atoms. The van der Waals surface area contributed by atoms with Crippen LogP contribution in [-0.2, 0) is 0 Å². The molecule has 0 atom stereocenters. The number of phenols is 1. The molecule has 1 aromatic carbocycles. The van der Waals surface area contributed by atoms with Gasteiger partial charge in [-0.25, -0.2) is 0 Å². The molecule has 0 spiro atoms. The van der Waals surface area contributed by atoms with Gasteiger partial charge in [-0.1, -0.05) is 29.3 Å². The van der Waals surface area contributed by atoms with Crippen LogP contribution >= 0.6 is 23.2 Å². The number of nitro groups is 1. The van der Waals surface area contributed by atoms with Crippen molar-refractivity contribution in [1.82, 2.24) is 10.2 Å². The maximum atomic E-state index is 12.1. The minimum atomic E-state index is -0.818. The average Bonchev–Trinajstić information content (AvgIpc) is 2.43. The first-order valence-corrected chi connectivity index (χ1v) is 6.12. The van der Waals surface area contributed by atoms with Crippen LogP contribution in [0.3, 0.4) is 0 Å². The van der Waals surface area contributed by atoms with Crippen LogP contribution in [0.4, 0.5) is 11.4 Å². The Morgan fingerprint density at radius 2 is 2.05 bits per heavy atom. The van der Waals surface area contributed by atoms with Gasteiger partial charge in [0.25, 0.3) is 11.6 Å². The summed E-state index contributed by atoms with van der Waals surface area (Å²) in [6.07, 6.45) is 0. The number of carbonyl (C=O) groups is 1. The number of aromatic hydroxyl groups is 1. The molecule has 0 saturated heterocycles. The molecule has 1 aromatic heterocycles. The van der Waals surface area contributed by atoms with Crippen molar-refractivity contribution >= 4 is 40.5 Å². The molecule has 0 aliphatic rings. The first kappa shape index (κ1) is 14.9. The third kappa shape index (κ3) is 3.18. The van der Waals surface area contributed by atoms with Gasteiger partial charge in [-0.15, -0.1) is 10.2 Å². The number of anilines is 1. The van der Waals surface area contributed by atoms with Gasteiger partial charge in [-0.05, 0) is 12.1 Å². The molecule has 2 rings (SSSR count). The highest BCUT2D eigenvalue weighted by Crippen LogP contribution is 2.33. The molecule has 108 valence electrons. The number of para-hydroxylation sites is 1. The van der Waals surface area contributed by atoms with Crippen LogP contribution < -0.4 is 5.32 Å². The Labute approximate surface area is 127 Å². The lowest BCUT2D eigenvalue weighted by atomic mass is 10.2. The van der Waals surface area contributed by atoms with Gasteiger partial charge in [-0.2, -0.15) is 0 Å². The summed E-state index contributed by atoms with van der Waals surface area (Å²) in [6, 6.07) is 4.76. The maximum Gasteiger partial charge on any atom is 0.296 e. The predicted molar refractivity (Wildman–Crippen MR) is 74.8 cm³/mol. The van der Waals surface area contributed by atoms with Crippen molar-refractivity contribution < 1.29 is 14.8 Å². The zero-order valence-electron chi connectivity index (χ0n) is 10.1. The van der Waals surface area contributed by atoms with Crippen LogP contribution in [0.1, 0.15) is 10.4 Å². The van der Waals surface area contributed by atoms with Crippen LogP contribution in [0, 0.1) is 10.1 Å². The Morgan fingerprint density at radius 1 is 1.33 bits per heavy atom. The van der Waals surface area contributed by atoms with E-state index in [9.17, 15) is 20.0 Å². The number of phenolic OH excluding ortho intramolecular Hbond substituents is 1. The Morgan fingerprint density at radius 3 is 2.71 bits per heavy atom. The highest BCUT2D eigenvalue weighted by atomic mass is 35.5. The molecule has 2 aromatic rings. The number of rotatable bonds is 3. The van der Waals surface area contributed by atoms with E-state index in [1.807, 2.05) is 0 Å². The van der Waals surface area contributed by atoms with E-state index in [-0.39, 0.29) is 21.6 Å². The van der Waals surface area contributed by atoms with Gasteiger partial charge < -0.3 is 10.4 Å². The lowest BCUT2D eigenvalue weighted by molar-refractivity contribution is -0.384. The fourth-order valence-electron chi connectivity index (χ4n) is 1.50. The van der Waals surface area contributed by atoms with Gasteiger partial charge in [0.15, 0.2) is 16.0 Å². The van der Waals surface area contributed by atoms with Gasteiger partial charge in [0.2, 0.25) is 0 Å². The number of amides is 1. The van der Waals surface area contributed by atoms with Crippen molar-refractivity contribution in [1.29, 1.82) is 0 Å². The Balaban J connectivity index is 2.41. The summed E-state index contributed by atoms with van der Waals surface area (Å²) in [6.45, 7) is 0. The molecule has 0 bridgehead atoms. The van der Waals surface area contributed by atoms with E-state index >= 15 is 0 Å². The van der Waals surface area contributed by atoms with Crippen molar-refractivity contribution in [2.75, 3.05) is 5.32 Å². The molecular weight excluding hydrogens is 323 g/mol. The summed E-state index contributed by atoms with van der Waals surface area (Å²) >= 11 is 11.3. The van der Waals surface area contributed by atoms with Gasteiger partial charge in [0.05, 0.1) is 10.5 Å². The topological polar surface area (TPSA) is 118 Å². The van der Waals surface area contributed by atoms with E-state index in [0.29, 0.717) is 0 Å². The lowest BCUT2D eigenvalue weighted by Crippen LogP contribution is -2.14. The summed E-state index contributed by atoms with van der Waals surface area (Å²) in [5.74, 6) is -1.27. The normalized spacial score (nSPS) is 10.2. The first-order chi connectivity index (χ1) is 9.90. The van der Waals surface area contributed by atoms with Gasteiger partial charge in [0, 0.05) is 6.07 Å². The number of nitrogens with zero attached hydrogens (tertiary/aromatic N) is 3. The highest BCUT2D eigenvalue weighted by Gasteiger charge is 2.22. The van der Waals surface area contributed by atoms with E-state index in [1.54, 1.807) is 0 Å². The third-order valence-electron chi connectivity index (χ3n) is 2.42. The smallest absolute Gasteiger partial charge is 0.296 e. The van der Waals surface area contributed by atoms with E-state index in [4.69, 9.17) is 23.2 Å². The Kier molecular flexibility index (Phi) is 4.20. The molecule has 10 heteroatoms. The van der Waals surface area contributed by atoms with Gasteiger partial charge in [0.1, 0.15) is 5.75 Å². The molecule has 1 amide bonds. The van der Waals surface area contributed by atoms with Crippen LogP contribution in [0.5, 0.6) is 5.75 Å². The fraction of sp³-hybridized carbons (Fsp3) is 0. The van der Waals surface area contributed by atoms with Crippen molar-refractivity contribution in [3.8, 4) is 5.75 Å². The maximum absolute atomic E-state index is 12.1. The molecule has 0 aliphatic heterocycles. The van der Waals surface area contributed by atoms with Gasteiger partial charge >= 0.3 is 0 Å². The summed E-state index contributed by atoms with van der Waals surface area (Å²) in [4.78, 5) is 22.2. The largest absolute Gasteiger partial charge is 0.505 e. The number of aromatic nitrogens is 2. The number of carbonyl (C=O) groups excluding carboxylic acids is 1. The van der Waals surface area contributed by atoms with E-state index in [0.717, 1.165) is 12.1 Å².